The van der Waals surface area contributed by atoms with Crippen molar-refractivity contribution in [1.29, 1.82) is 0 Å². The van der Waals surface area contributed by atoms with Gasteiger partial charge in [-0.1, -0.05) is 18.6 Å². The third-order valence-electron chi connectivity index (χ3n) is 3.69. The Morgan fingerprint density at radius 2 is 2.48 bits per heavy atom. The summed E-state index contributed by atoms with van der Waals surface area (Å²) in [6, 6.07) is 4.62. The summed E-state index contributed by atoms with van der Waals surface area (Å²) in [6.07, 6.45) is 9.26. The first-order chi connectivity index (χ1) is 10.3. The molecule has 0 saturated carbocycles. The van der Waals surface area contributed by atoms with Crippen LogP contribution in [-0.4, -0.2) is 41.3 Å². The second-order valence-corrected chi connectivity index (χ2v) is 5.51. The Morgan fingerprint density at radius 3 is 3.24 bits per heavy atom. The number of piperidine rings is 1. The number of nitrogens with one attached hydrogen (secondary N) is 1. The fourth-order valence-corrected chi connectivity index (χ4v) is 2.84. The molecule has 0 bridgehead atoms. The molecule has 0 radical (unpaired) electrons. The zero-order valence-corrected chi connectivity index (χ0v) is 13.1. The van der Waals surface area contributed by atoms with Crippen molar-refractivity contribution >= 4 is 17.4 Å². The van der Waals surface area contributed by atoms with Crippen molar-refractivity contribution in [3.05, 3.63) is 42.7 Å². The standard InChI is InChI=1S/C16H23N3OS/c1-2-8-18-16(21)20-12-11-19-10-4-3-7-15(19)14-6-5-9-17-13-14/h2,5-6,9,13,15H,1,3-4,7-8,10-12H2,(H,18,21). The van der Waals surface area contributed by atoms with E-state index < -0.39 is 0 Å². The average molecular weight is 305 g/mol. The van der Waals surface area contributed by atoms with Crippen molar-refractivity contribution < 1.29 is 4.74 Å². The minimum absolute atomic E-state index is 0.449. The molecule has 1 unspecified atom stereocenters. The van der Waals surface area contributed by atoms with Crippen LogP contribution in [0.2, 0.25) is 0 Å². The lowest BCUT2D eigenvalue weighted by Crippen LogP contribution is -2.37. The zero-order chi connectivity index (χ0) is 14.9. The minimum Gasteiger partial charge on any atom is -0.470 e. The first-order valence-corrected chi connectivity index (χ1v) is 7.87. The van der Waals surface area contributed by atoms with E-state index in [2.05, 4.69) is 27.8 Å². The highest BCUT2D eigenvalue weighted by molar-refractivity contribution is 7.80. The average Bonchev–Trinajstić information content (AvgIpc) is 2.54. The largest absolute Gasteiger partial charge is 0.470 e. The van der Waals surface area contributed by atoms with Crippen LogP contribution in [0.5, 0.6) is 0 Å². The van der Waals surface area contributed by atoms with Gasteiger partial charge < -0.3 is 10.1 Å². The van der Waals surface area contributed by atoms with Gasteiger partial charge >= 0.3 is 0 Å². The molecule has 1 aliphatic rings. The molecule has 0 amide bonds. The van der Waals surface area contributed by atoms with Gasteiger partial charge in [-0.15, -0.1) is 6.58 Å². The third-order valence-corrected chi connectivity index (χ3v) is 3.95. The van der Waals surface area contributed by atoms with Crippen molar-refractivity contribution in [1.82, 2.24) is 15.2 Å². The van der Waals surface area contributed by atoms with Crippen LogP contribution in [0.3, 0.4) is 0 Å². The van der Waals surface area contributed by atoms with Crippen LogP contribution in [0.25, 0.3) is 0 Å². The number of pyridine rings is 1. The van der Waals surface area contributed by atoms with E-state index in [9.17, 15) is 0 Å². The summed E-state index contributed by atoms with van der Waals surface area (Å²) in [5.74, 6) is 0. The molecule has 1 N–H and O–H groups in total. The number of likely N-dealkylation sites (tertiary alicyclic amines) is 1. The number of hydrogen-bond acceptors (Lipinski definition) is 4. The van der Waals surface area contributed by atoms with Crippen molar-refractivity contribution in [3.63, 3.8) is 0 Å². The lowest BCUT2D eigenvalue weighted by atomic mass is 9.96. The first-order valence-electron chi connectivity index (χ1n) is 7.46. The van der Waals surface area contributed by atoms with Crippen molar-refractivity contribution in [2.75, 3.05) is 26.2 Å². The predicted octanol–water partition coefficient (Wildman–Crippen LogP) is 2.69. The molecule has 1 aromatic rings. The van der Waals surface area contributed by atoms with Crippen molar-refractivity contribution in [2.45, 2.75) is 25.3 Å². The number of thiocarbonyl (C=S) groups is 1. The van der Waals surface area contributed by atoms with Gasteiger partial charge in [0.2, 0.25) is 0 Å². The molecule has 2 rings (SSSR count). The van der Waals surface area contributed by atoms with Crippen LogP contribution in [0.15, 0.2) is 37.2 Å². The second kappa shape index (κ2) is 8.74. The number of rotatable bonds is 6. The van der Waals surface area contributed by atoms with Crippen LogP contribution in [0.4, 0.5) is 0 Å². The Labute approximate surface area is 132 Å². The lowest BCUT2D eigenvalue weighted by molar-refractivity contribution is 0.120. The summed E-state index contributed by atoms with van der Waals surface area (Å²) < 4.78 is 5.55. The third kappa shape index (κ3) is 5.10. The smallest absolute Gasteiger partial charge is 0.256 e. The van der Waals surface area contributed by atoms with Gasteiger partial charge in [0.05, 0.1) is 0 Å². The van der Waals surface area contributed by atoms with Crippen LogP contribution in [0, 0.1) is 0 Å². The zero-order valence-electron chi connectivity index (χ0n) is 12.3. The minimum atomic E-state index is 0.449. The Bertz CT molecular complexity index is 452. The molecule has 0 aromatic carbocycles. The van der Waals surface area contributed by atoms with E-state index in [0.717, 1.165) is 13.1 Å². The fraction of sp³-hybridized carbons (Fsp3) is 0.500. The van der Waals surface area contributed by atoms with Crippen LogP contribution in [-0.2, 0) is 4.74 Å². The number of nitrogens with zero attached hydrogens (tertiary/aromatic N) is 2. The highest BCUT2D eigenvalue weighted by atomic mass is 32.1. The summed E-state index contributed by atoms with van der Waals surface area (Å²) in [5.41, 5.74) is 1.30. The summed E-state index contributed by atoms with van der Waals surface area (Å²) in [4.78, 5) is 6.71. The summed E-state index contributed by atoms with van der Waals surface area (Å²) in [6.45, 7) is 6.88. The van der Waals surface area contributed by atoms with Crippen LogP contribution >= 0.6 is 12.2 Å². The fourth-order valence-electron chi connectivity index (χ4n) is 2.67. The molecule has 5 heteroatoms. The Morgan fingerprint density at radius 1 is 1.57 bits per heavy atom. The highest BCUT2D eigenvalue weighted by Gasteiger charge is 2.23. The molecule has 4 nitrogen and oxygen atoms in total. The van der Waals surface area contributed by atoms with Gasteiger partial charge in [-0.2, -0.15) is 0 Å². The molecule has 1 saturated heterocycles. The maximum atomic E-state index is 5.55. The van der Waals surface area contributed by atoms with E-state index >= 15 is 0 Å². The van der Waals surface area contributed by atoms with Gasteiger partial charge in [0, 0.05) is 31.5 Å². The molecule has 1 fully saturated rings. The van der Waals surface area contributed by atoms with E-state index in [1.807, 2.05) is 18.5 Å². The molecule has 2 heterocycles. The monoisotopic (exact) mass is 305 g/mol. The molecule has 0 spiro atoms. The number of aromatic nitrogens is 1. The van der Waals surface area contributed by atoms with Gasteiger partial charge in [0.25, 0.3) is 5.17 Å². The maximum absolute atomic E-state index is 5.55. The van der Waals surface area contributed by atoms with E-state index in [0.29, 0.717) is 24.4 Å². The SMILES string of the molecule is C=CCNC(=S)OCCN1CCCCC1c1cccnc1. The van der Waals surface area contributed by atoms with Gasteiger partial charge in [-0.25, -0.2) is 0 Å². The summed E-state index contributed by atoms with van der Waals surface area (Å²) in [5, 5.41) is 3.42. The van der Waals surface area contributed by atoms with E-state index in [-0.39, 0.29) is 0 Å². The van der Waals surface area contributed by atoms with Gasteiger partial charge in [-0.05, 0) is 43.2 Å². The quantitative estimate of drug-likeness (QED) is 0.646. The van der Waals surface area contributed by atoms with Gasteiger partial charge in [0.15, 0.2) is 0 Å². The molecule has 21 heavy (non-hydrogen) atoms. The van der Waals surface area contributed by atoms with Gasteiger partial charge in [0.1, 0.15) is 6.61 Å². The molecule has 0 aliphatic carbocycles. The van der Waals surface area contributed by atoms with Crippen LogP contribution in [0.1, 0.15) is 30.9 Å². The van der Waals surface area contributed by atoms with Crippen LogP contribution < -0.4 is 5.32 Å². The first kappa shape index (κ1) is 15.9. The topological polar surface area (TPSA) is 37.4 Å². The lowest BCUT2D eigenvalue weighted by Gasteiger charge is -2.35. The number of hydrogen-bond donors (Lipinski definition) is 1. The highest BCUT2D eigenvalue weighted by Crippen LogP contribution is 2.29. The molecule has 1 aliphatic heterocycles. The maximum Gasteiger partial charge on any atom is 0.256 e. The Kier molecular flexibility index (Phi) is 6.63. The molecule has 1 aromatic heterocycles. The summed E-state index contributed by atoms with van der Waals surface area (Å²) in [7, 11) is 0. The molecular formula is C16H23N3OS. The normalized spacial score (nSPS) is 19.0. The van der Waals surface area contributed by atoms with Crippen molar-refractivity contribution in [2.24, 2.45) is 0 Å². The van der Waals surface area contributed by atoms with E-state index in [1.165, 1.54) is 24.8 Å². The Hall–Kier alpha value is -1.46. The van der Waals surface area contributed by atoms with Crippen molar-refractivity contribution in [3.8, 4) is 0 Å². The summed E-state index contributed by atoms with van der Waals surface area (Å²) >= 11 is 5.10. The van der Waals surface area contributed by atoms with E-state index in [1.54, 1.807) is 6.08 Å². The van der Waals surface area contributed by atoms with Gasteiger partial charge in [-0.3, -0.25) is 9.88 Å². The second-order valence-electron chi connectivity index (χ2n) is 5.14. The van der Waals surface area contributed by atoms with E-state index in [4.69, 9.17) is 17.0 Å². The Balaban J connectivity index is 1.82. The predicted molar refractivity (Wildman–Crippen MR) is 89.2 cm³/mol. The molecule has 114 valence electrons. The molecule has 1 atom stereocenters. The number of ether oxygens (including phenoxy) is 1. The molecular weight excluding hydrogens is 282 g/mol.